The summed E-state index contributed by atoms with van der Waals surface area (Å²) in [6.45, 7) is 5.10. The van der Waals surface area contributed by atoms with Crippen molar-refractivity contribution in [3.05, 3.63) is 23.7 Å². The lowest BCUT2D eigenvalue weighted by Gasteiger charge is -2.59. The van der Waals surface area contributed by atoms with Gasteiger partial charge in [-0.3, -0.25) is 9.59 Å². The van der Waals surface area contributed by atoms with E-state index in [1.165, 1.54) is 0 Å². The minimum atomic E-state index is -1.33. The van der Waals surface area contributed by atoms with Gasteiger partial charge in [0.25, 0.3) is 0 Å². The van der Waals surface area contributed by atoms with Gasteiger partial charge in [-0.15, -0.1) is 0 Å². The van der Waals surface area contributed by atoms with Crippen LogP contribution in [0.5, 0.6) is 0 Å². The number of hydrogen-bond donors (Lipinski definition) is 2. The molecule has 170 valence electrons. The molecule has 1 unspecified atom stereocenters. The smallest absolute Gasteiger partial charge is 0.193 e. The van der Waals surface area contributed by atoms with E-state index in [2.05, 4.69) is 0 Å². The van der Waals surface area contributed by atoms with E-state index in [4.69, 9.17) is 13.6 Å². The van der Waals surface area contributed by atoms with Crippen LogP contribution in [0.2, 0.25) is 0 Å². The van der Waals surface area contributed by atoms with Crippen molar-refractivity contribution in [2.75, 3.05) is 6.61 Å². The SMILES string of the molecule is [2H]C1=C([2H])[C@@]2(C)C(=C([2H])C1=O)CC[C@@H]1[C@@H]2[C@@H](O)C[C@@]2(C)[C@H]1C[C@H]1OC(CCC)O[C@]12C(=O)CO. The summed E-state index contributed by atoms with van der Waals surface area (Å²) < 4.78 is 37.9. The Morgan fingerprint density at radius 1 is 1.39 bits per heavy atom. The molecular formula is C25H34O6. The molecule has 0 aromatic heterocycles. The standard InChI is InChI=1S/C25H34O6/c1-4-5-21-30-20-11-17-16-7-6-14-10-15(27)8-9-23(14,2)22(16)18(28)12-24(17,3)25(20,31-21)19(29)13-26/h8-10,16-18,20-22,26,28H,4-7,11-13H2,1-3H3/t16-,17-,18-,20+,21?,22+,23-,24-,25+/m0/s1/i8D,9D,10D. The van der Waals surface area contributed by atoms with E-state index in [9.17, 15) is 19.8 Å². The molecule has 2 N–H and O–H groups in total. The number of Topliss-reactive ketones (excluding diaryl/α,β-unsaturated/α-hetero) is 1. The van der Waals surface area contributed by atoms with E-state index < -0.39 is 65.1 Å². The number of carbonyl (C=O) groups excluding carboxylic acids is 2. The van der Waals surface area contributed by atoms with Gasteiger partial charge in [-0.2, -0.15) is 0 Å². The van der Waals surface area contributed by atoms with E-state index in [1.807, 2.05) is 13.8 Å². The number of aliphatic hydroxyl groups is 2. The number of carbonyl (C=O) groups is 2. The van der Waals surface area contributed by atoms with Crippen molar-refractivity contribution >= 4 is 11.6 Å². The number of ketones is 2. The maximum atomic E-state index is 13.3. The molecule has 0 aromatic carbocycles. The van der Waals surface area contributed by atoms with Crippen molar-refractivity contribution < 1.29 is 33.4 Å². The Morgan fingerprint density at radius 2 is 2.16 bits per heavy atom. The van der Waals surface area contributed by atoms with Gasteiger partial charge in [0.2, 0.25) is 0 Å². The van der Waals surface area contributed by atoms with Crippen LogP contribution in [0.25, 0.3) is 0 Å². The average molecular weight is 434 g/mol. The second-order valence-electron chi connectivity index (χ2n) is 10.4. The molecule has 4 fully saturated rings. The van der Waals surface area contributed by atoms with Gasteiger partial charge in [-0.25, -0.2) is 0 Å². The van der Waals surface area contributed by atoms with E-state index >= 15 is 0 Å². The number of aliphatic hydroxyl groups excluding tert-OH is 2. The molecule has 6 nitrogen and oxygen atoms in total. The van der Waals surface area contributed by atoms with Gasteiger partial charge in [-0.05, 0) is 56.0 Å². The van der Waals surface area contributed by atoms with E-state index in [0.29, 0.717) is 31.3 Å². The summed E-state index contributed by atoms with van der Waals surface area (Å²) in [5.41, 5.74) is -2.65. The molecule has 31 heavy (non-hydrogen) atoms. The van der Waals surface area contributed by atoms with E-state index in [1.54, 1.807) is 6.92 Å². The van der Waals surface area contributed by atoms with Crippen LogP contribution in [-0.2, 0) is 19.1 Å². The Bertz CT molecular complexity index is 1010. The van der Waals surface area contributed by atoms with Crippen LogP contribution in [0.1, 0.15) is 63.4 Å². The molecule has 1 aliphatic heterocycles. The first-order valence-corrected chi connectivity index (χ1v) is 11.6. The van der Waals surface area contributed by atoms with Crippen molar-refractivity contribution in [3.8, 4) is 0 Å². The van der Waals surface area contributed by atoms with Crippen molar-refractivity contribution in [3.63, 3.8) is 0 Å². The monoisotopic (exact) mass is 433 g/mol. The van der Waals surface area contributed by atoms with Crippen molar-refractivity contribution in [2.45, 2.75) is 83.4 Å². The highest BCUT2D eigenvalue weighted by Gasteiger charge is 2.75. The molecule has 0 amide bonds. The molecule has 1 saturated heterocycles. The zero-order chi connectivity index (χ0) is 24.8. The van der Waals surface area contributed by atoms with Crippen LogP contribution >= 0.6 is 0 Å². The fraction of sp³-hybridized carbons (Fsp3) is 0.760. The molecule has 5 aliphatic rings. The third kappa shape index (κ3) is 2.65. The third-order valence-electron chi connectivity index (χ3n) is 9.05. The average Bonchev–Trinajstić information content (AvgIpc) is 3.28. The van der Waals surface area contributed by atoms with Crippen LogP contribution in [0, 0.1) is 28.6 Å². The number of ether oxygens (including phenoxy) is 2. The van der Waals surface area contributed by atoms with Crippen LogP contribution in [0.3, 0.4) is 0 Å². The lowest BCUT2D eigenvalue weighted by molar-refractivity contribution is -0.200. The Balaban J connectivity index is 1.60. The Labute approximate surface area is 187 Å². The lowest BCUT2D eigenvalue weighted by Crippen LogP contribution is -2.63. The van der Waals surface area contributed by atoms with Gasteiger partial charge in [0.05, 0.1) is 16.3 Å². The van der Waals surface area contributed by atoms with E-state index in [-0.39, 0.29) is 30.4 Å². The Morgan fingerprint density at radius 3 is 2.87 bits per heavy atom. The third-order valence-corrected chi connectivity index (χ3v) is 9.05. The van der Waals surface area contributed by atoms with Crippen molar-refractivity contribution in [1.29, 1.82) is 0 Å². The molecule has 5 rings (SSSR count). The number of rotatable bonds is 4. The highest BCUT2D eigenvalue weighted by molar-refractivity contribution is 6.01. The second kappa shape index (κ2) is 7.08. The molecule has 6 heteroatoms. The minimum Gasteiger partial charge on any atom is -0.393 e. The van der Waals surface area contributed by atoms with Crippen molar-refractivity contribution in [1.82, 2.24) is 0 Å². The zero-order valence-electron chi connectivity index (χ0n) is 21.4. The number of fused-ring (bicyclic) bond motifs is 7. The summed E-state index contributed by atoms with van der Waals surface area (Å²) in [7, 11) is 0. The normalized spacial score (nSPS) is 52.7. The largest absolute Gasteiger partial charge is 0.393 e. The Hall–Kier alpha value is -1.34. The van der Waals surface area contributed by atoms with Crippen LogP contribution in [0.4, 0.5) is 0 Å². The first kappa shape index (κ1) is 18.1. The molecule has 3 saturated carbocycles. The molecule has 9 atom stereocenters. The summed E-state index contributed by atoms with van der Waals surface area (Å²) in [6, 6.07) is -0.816. The fourth-order valence-electron chi connectivity index (χ4n) is 7.84. The lowest BCUT2D eigenvalue weighted by atomic mass is 9.46. The van der Waals surface area contributed by atoms with Gasteiger partial charge >= 0.3 is 0 Å². The summed E-state index contributed by atoms with van der Waals surface area (Å²) in [5.74, 6) is -1.78. The summed E-state index contributed by atoms with van der Waals surface area (Å²) in [4.78, 5) is 25.7. The first-order chi connectivity index (χ1) is 16.0. The molecule has 0 bridgehead atoms. The molecular weight excluding hydrogens is 396 g/mol. The predicted molar refractivity (Wildman–Crippen MR) is 113 cm³/mol. The second-order valence-corrected chi connectivity index (χ2v) is 10.4. The molecule has 0 radical (unpaired) electrons. The summed E-state index contributed by atoms with van der Waals surface area (Å²) >= 11 is 0. The number of hydrogen-bond acceptors (Lipinski definition) is 6. The summed E-state index contributed by atoms with van der Waals surface area (Å²) in [5, 5.41) is 21.5. The quantitative estimate of drug-likeness (QED) is 0.708. The minimum absolute atomic E-state index is 0.0730. The molecule has 1 heterocycles. The maximum Gasteiger partial charge on any atom is 0.193 e. The van der Waals surface area contributed by atoms with Gasteiger partial charge in [0.1, 0.15) is 6.61 Å². The summed E-state index contributed by atoms with van der Waals surface area (Å²) in [6.07, 6.45) is 1.28. The van der Waals surface area contributed by atoms with Crippen molar-refractivity contribution in [2.24, 2.45) is 28.6 Å². The van der Waals surface area contributed by atoms with Gasteiger partial charge in [-0.1, -0.05) is 38.8 Å². The molecule has 0 aromatic rings. The van der Waals surface area contributed by atoms with Crippen LogP contribution < -0.4 is 0 Å². The molecule has 4 aliphatic carbocycles. The molecule has 0 spiro atoms. The fourth-order valence-corrected chi connectivity index (χ4v) is 7.84. The van der Waals surface area contributed by atoms with Crippen LogP contribution in [0.15, 0.2) is 23.7 Å². The topological polar surface area (TPSA) is 93.1 Å². The maximum absolute atomic E-state index is 13.3. The first-order valence-electron chi connectivity index (χ1n) is 13.1. The van der Waals surface area contributed by atoms with E-state index in [0.717, 1.165) is 6.42 Å². The Kier molecular flexibility index (Phi) is 4.14. The predicted octanol–water partition coefficient (Wildman–Crippen LogP) is 2.72. The zero-order valence-corrected chi connectivity index (χ0v) is 18.4. The van der Waals surface area contributed by atoms with Gasteiger partial charge in [0, 0.05) is 16.7 Å². The highest BCUT2D eigenvalue weighted by Crippen LogP contribution is 2.69. The van der Waals surface area contributed by atoms with Gasteiger partial charge < -0.3 is 19.7 Å². The number of allylic oxidation sites excluding steroid dienone is 4. The van der Waals surface area contributed by atoms with Gasteiger partial charge in [0.15, 0.2) is 23.5 Å². The highest BCUT2D eigenvalue weighted by atomic mass is 16.7. The van der Waals surface area contributed by atoms with Crippen LogP contribution in [-0.4, -0.2) is 52.5 Å².